The van der Waals surface area contributed by atoms with E-state index in [2.05, 4.69) is 20.7 Å². The Labute approximate surface area is 196 Å². The van der Waals surface area contributed by atoms with Gasteiger partial charge in [0.15, 0.2) is 0 Å². The molecule has 2 rings (SSSR count). The standard InChI is InChI=1S/C22H38N6O4S/c1-16(28-33(31,32)19-6-3-2-4-7-19)14-27-21(30)18-11-9-17(10-12-18)15-26-20(29)8-5-13-25-22(23)24/h2-4,6-7,16-18,22,25,28H,5,8-15,23-24H2,1H3,(H,26,29)(H,27,30). The summed E-state index contributed by atoms with van der Waals surface area (Å²) in [5, 5.41) is 8.69. The monoisotopic (exact) mass is 482 g/mol. The number of carbonyl (C=O) groups is 2. The van der Waals surface area contributed by atoms with Gasteiger partial charge in [-0.25, -0.2) is 13.1 Å². The zero-order valence-electron chi connectivity index (χ0n) is 19.3. The minimum atomic E-state index is -3.61. The molecule has 0 aromatic heterocycles. The fourth-order valence-corrected chi connectivity index (χ4v) is 5.13. The van der Waals surface area contributed by atoms with Crippen molar-refractivity contribution >= 4 is 21.8 Å². The van der Waals surface area contributed by atoms with Gasteiger partial charge < -0.3 is 22.1 Å². The van der Waals surface area contributed by atoms with E-state index >= 15 is 0 Å². The molecule has 1 aliphatic rings. The summed E-state index contributed by atoms with van der Waals surface area (Å²) in [5.74, 6) is 0.245. The summed E-state index contributed by atoms with van der Waals surface area (Å²) in [6.07, 6.45) is 3.79. The number of carbonyl (C=O) groups excluding carboxylic acids is 2. The van der Waals surface area contributed by atoms with Gasteiger partial charge >= 0.3 is 0 Å². The number of nitrogens with two attached hydrogens (primary N) is 2. The Kier molecular flexibility index (Phi) is 11.2. The van der Waals surface area contributed by atoms with Crippen LogP contribution in [0.3, 0.4) is 0 Å². The van der Waals surface area contributed by atoms with Gasteiger partial charge in [-0.1, -0.05) is 18.2 Å². The molecule has 0 spiro atoms. The van der Waals surface area contributed by atoms with Crippen LogP contribution in [0.2, 0.25) is 0 Å². The average molecular weight is 483 g/mol. The Morgan fingerprint density at radius 3 is 2.36 bits per heavy atom. The third-order valence-electron chi connectivity index (χ3n) is 5.76. The topological polar surface area (TPSA) is 168 Å². The quantitative estimate of drug-likeness (QED) is 0.169. The molecule has 1 aromatic rings. The molecule has 0 bridgehead atoms. The van der Waals surface area contributed by atoms with Gasteiger partial charge in [0.25, 0.3) is 0 Å². The lowest BCUT2D eigenvalue weighted by Crippen LogP contribution is -2.45. The Morgan fingerprint density at radius 2 is 1.73 bits per heavy atom. The van der Waals surface area contributed by atoms with Gasteiger partial charge in [-0.2, -0.15) is 0 Å². The Hall–Kier alpha value is -2.05. The van der Waals surface area contributed by atoms with E-state index in [4.69, 9.17) is 11.5 Å². The third-order valence-corrected chi connectivity index (χ3v) is 7.36. The number of nitrogens with one attached hydrogen (secondary N) is 4. The Balaban J connectivity index is 1.62. The van der Waals surface area contributed by atoms with Gasteiger partial charge in [-0.05, 0) is 63.6 Å². The van der Waals surface area contributed by atoms with Crippen molar-refractivity contribution in [1.82, 2.24) is 20.7 Å². The SMILES string of the molecule is CC(CNC(=O)C1CCC(CNC(=O)CCCNC(N)N)CC1)NS(=O)(=O)c1ccccc1. The van der Waals surface area contributed by atoms with E-state index < -0.39 is 22.4 Å². The van der Waals surface area contributed by atoms with Crippen molar-refractivity contribution in [2.75, 3.05) is 19.6 Å². The van der Waals surface area contributed by atoms with Gasteiger partial charge in [0.05, 0.1) is 4.90 Å². The van der Waals surface area contributed by atoms with Crippen molar-refractivity contribution in [3.8, 4) is 0 Å². The summed E-state index contributed by atoms with van der Waals surface area (Å²) >= 11 is 0. The first-order valence-electron chi connectivity index (χ1n) is 11.5. The van der Waals surface area contributed by atoms with Gasteiger partial charge in [-0.3, -0.25) is 14.9 Å². The van der Waals surface area contributed by atoms with E-state index in [9.17, 15) is 18.0 Å². The minimum Gasteiger partial charge on any atom is -0.356 e. The molecule has 0 saturated heterocycles. The second-order valence-corrected chi connectivity index (χ2v) is 10.4. The lowest BCUT2D eigenvalue weighted by molar-refractivity contribution is -0.126. The average Bonchev–Trinajstić information content (AvgIpc) is 2.79. The maximum Gasteiger partial charge on any atom is 0.240 e. The van der Waals surface area contributed by atoms with Crippen LogP contribution in [0.25, 0.3) is 0 Å². The predicted octanol–water partition coefficient (Wildman–Crippen LogP) is -0.0370. The normalized spacial score (nSPS) is 19.8. The number of hydrogen-bond donors (Lipinski definition) is 6. The number of hydrogen-bond acceptors (Lipinski definition) is 7. The van der Waals surface area contributed by atoms with Crippen molar-refractivity contribution < 1.29 is 18.0 Å². The molecule has 0 heterocycles. The van der Waals surface area contributed by atoms with Crippen molar-refractivity contribution in [2.24, 2.45) is 23.3 Å². The molecule has 1 unspecified atom stereocenters. The van der Waals surface area contributed by atoms with Crippen LogP contribution in [0, 0.1) is 11.8 Å². The summed E-state index contributed by atoms with van der Waals surface area (Å²) in [7, 11) is -3.61. The maximum absolute atomic E-state index is 12.5. The highest BCUT2D eigenvalue weighted by atomic mass is 32.2. The van der Waals surface area contributed by atoms with Crippen molar-refractivity contribution in [1.29, 1.82) is 0 Å². The van der Waals surface area contributed by atoms with Crippen LogP contribution in [0.15, 0.2) is 35.2 Å². The first-order chi connectivity index (χ1) is 15.7. The van der Waals surface area contributed by atoms with Crippen LogP contribution in [-0.4, -0.2) is 52.2 Å². The molecule has 1 aromatic carbocycles. The molecule has 0 radical (unpaired) electrons. The largest absolute Gasteiger partial charge is 0.356 e. The van der Waals surface area contributed by atoms with E-state index in [1.807, 2.05) is 0 Å². The fourth-order valence-electron chi connectivity index (χ4n) is 3.87. The molecule has 11 heteroatoms. The minimum absolute atomic E-state index is 0.00852. The van der Waals surface area contributed by atoms with E-state index in [-0.39, 0.29) is 29.2 Å². The molecule has 1 aliphatic carbocycles. The van der Waals surface area contributed by atoms with Crippen molar-refractivity contribution in [2.45, 2.75) is 62.7 Å². The van der Waals surface area contributed by atoms with Crippen LogP contribution < -0.4 is 32.1 Å². The number of amides is 2. The lowest BCUT2D eigenvalue weighted by Gasteiger charge is -2.28. The smallest absolute Gasteiger partial charge is 0.240 e. The Morgan fingerprint density at radius 1 is 1.06 bits per heavy atom. The summed E-state index contributed by atoms with van der Waals surface area (Å²) in [4.78, 5) is 24.7. The van der Waals surface area contributed by atoms with E-state index in [1.54, 1.807) is 25.1 Å². The van der Waals surface area contributed by atoms with Gasteiger partial charge in [0, 0.05) is 31.5 Å². The second-order valence-electron chi connectivity index (χ2n) is 8.69. The highest BCUT2D eigenvalue weighted by molar-refractivity contribution is 7.89. The Bertz CT molecular complexity index is 842. The fraction of sp³-hybridized carbons (Fsp3) is 0.636. The predicted molar refractivity (Wildman–Crippen MR) is 127 cm³/mol. The van der Waals surface area contributed by atoms with Crippen molar-refractivity contribution in [3.63, 3.8) is 0 Å². The van der Waals surface area contributed by atoms with Crippen LogP contribution in [0.1, 0.15) is 45.4 Å². The molecule has 8 N–H and O–H groups in total. The van der Waals surface area contributed by atoms with E-state index in [0.29, 0.717) is 31.8 Å². The van der Waals surface area contributed by atoms with Crippen molar-refractivity contribution in [3.05, 3.63) is 30.3 Å². The van der Waals surface area contributed by atoms with Crippen LogP contribution in [0.5, 0.6) is 0 Å². The number of benzene rings is 1. The highest BCUT2D eigenvalue weighted by Gasteiger charge is 2.27. The second kappa shape index (κ2) is 13.6. The van der Waals surface area contributed by atoms with E-state index in [1.165, 1.54) is 12.1 Å². The number of sulfonamides is 1. The van der Waals surface area contributed by atoms with Gasteiger partial charge in [0.1, 0.15) is 6.29 Å². The summed E-state index contributed by atoms with van der Waals surface area (Å²) in [6.45, 7) is 3.17. The maximum atomic E-state index is 12.5. The van der Waals surface area contributed by atoms with Gasteiger partial charge in [-0.15, -0.1) is 0 Å². The molecule has 1 atom stereocenters. The summed E-state index contributed by atoms with van der Waals surface area (Å²) < 4.78 is 27.3. The lowest BCUT2D eigenvalue weighted by atomic mass is 9.81. The molecular formula is C22H38N6O4S. The van der Waals surface area contributed by atoms with Crippen LogP contribution in [-0.2, 0) is 19.6 Å². The van der Waals surface area contributed by atoms with Crippen LogP contribution in [0.4, 0.5) is 0 Å². The zero-order chi connectivity index (χ0) is 24.3. The zero-order valence-corrected chi connectivity index (χ0v) is 20.1. The summed E-state index contributed by atoms with van der Waals surface area (Å²) in [6, 6.07) is 7.72. The van der Waals surface area contributed by atoms with Crippen LogP contribution >= 0.6 is 0 Å². The summed E-state index contributed by atoms with van der Waals surface area (Å²) in [5.41, 5.74) is 10.8. The third kappa shape index (κ3) is 10.2. The molecule has 186 valence electrons. The van der Waals surface area contributed by atoms with E-state index in [0.717, 1.165) is 25.7 Å². The molecule has 1 saturated carbocycles. The van der Waals surface area contributed by atoms with Gasteiger partial charge in [0.2, 0.25) is 21.8 Å². The number of rotatable bonds is 13. The first-order valence-corrected chi connectivity index (χ1v) is 13.0. The first kappa shape index (κ1) is 27.2. The molecule has 10 nitrogen and oxygen atoms in total. The molecule has 1 fully saturated rings. The molecule has 0 aliphatic heterocycles. The highest BCUT2D eigenvalue weighted by Crippen LogP contribution is 2.28. The molecular weight excluding hydrogens is 444 g/mol. The molecule has 2 amide bonds. The molecule has 33 heavy (non-hydrogen) atoms.